The topological polar surface area (TPSA) is 52.0 Å². The van der Waals surface area contributed by atoms with Crippen molar-refractivity contribution in [3.8, 4) is 56.6 Å². The highest BCUT2D eigenvalue weighted by atomic mass is 14.9. The van der Waals surface area contributed by atoms with Crippen molar-refractivity contribution in [2.24, 2.45) is 0 Å². The van der Waals surface area contributed by atoms with Crippen LogP contribution in [0, 0.1) is 22.7 Å². The van der Waals surface area contributed by atoms with Gasteiger partial charge in [-0.1, -0.05) is 170 Å². The van der Waals surface area contributed by atoms with Gasteiger partial charge in [-0.2, -0.15) is 10.5 Å². The predicted octanol–water partition coefficient (Wildman–Crippen LogP) is 17.2. The quantitative estimate of drug-likeness (QED) is 0.167. The van der Waals surface area contributed by atoms with E-state index in [1.54, 1.807) is 0 Å². The number of nitrogens with zero attached hydrogens (tertiary/aromatic N) is 3. The van der Waals surface area contributed by atoms with Crippen LogP contribution >= 0.6 is 0 Å². The van der Waals surface area contributed by atoms with Gasteiger partial charge >= 0.3 is 0 Å². The van der Waals surface area contributed by atoms with Crippen molar-refractivity contribution in [2.45, 2.75) is 74.0 Å². The van der Waals surface area contributed by atoms with Crippen LogP contribution < -0.4 is 0 Å². The molecule has 2 fully saturated rings. The first-order valence-corrected chi connectivity index (χ1v) is 25.8. The Labute approximate surface area is 414 Å². The SMILES string of the molecule is N#Cc1cc2c(c3c1C1(c4ccccc4)CCC3CC1)c1c(-c3ccccc3-c3ccccc3)cc(-c3ccccc3-c3ccccc3)c3c4c5c(c(C#N)cc4n2c13)C1(c2ccccc2)CCC5CC1. The van der Waals surface area contributed by atoms with E-state index >= 15 is 0 Å². The molecule has 0 amide bonds. The van der Waals surface area contributed by atoms with Gasteiger partial charge in [-0.05, 0) is 159 Å². The van der Waals surface area contributed by atoms with E-state index in [-0.39, 0.29) is 10.8 Å². The zero-order valence-electron chi connectivity index (χ0n) is 39.6. The van der Waals surface area contributed by atoms with Gasteiger partial charge in [-0.3, -0.25) is 0 Å². The third-order valence-corrected chi connectivity index (χ3v) is 18.1. The zero-order chi connectivity index (χ0) is 47.0. The van der Waals surface area contributed by atoms with Gasteiger partial charge in [0.1, 0.15) is 0 Å². The fraction of sp³-hybridized carbons (Fsp3) is 0.176. The molecule has 0 saturated heterocycles. The van der Waals surface area contributed by atoms with E-state index in [1.165, 1.54) is 105 Å². The van der Waals surface area contributed by atoms with Crippen LogP contribution in [0.1, 0.15) is 108 Å². The minimum atomic E-state index is -0.251. The Balaban J connectivity index is 1.20. The summed E-state index contributed by atoms with van der Waals surface area (Å²) >= 11 is 0. The molecule has 17 rings (SSSR count). The molecule has 0 unspecified atom stereocenters. The average molecular weight is 908 g/mol. The van der Waals surface area contributed by atoms with Crippen LogP contribution in [0.4, 0.5) is 0 Å². The van der Waals surface area contributed by atoms with Crippen molar-refractivity contribution >= 4 is 38.1 Å². The average Bonchev–Trinajstić information content (AvgIpc) is 4.00. The molecule has 3 heteroatoms. The molecular weight excluding hydrogens is 859 g/mol. The highest BCUT2D eigenvalue weighted by Crippen LogP contribution is 2.64. The number of hydrogen-bond acceptors (Lipinski definition) is 2. The maximum Gasteiger partial charge on any atom is 0.0995 e. The van der Waals surface area contributed by atoms with Gasteiger partial charge < -0.3 is 4.40 Å². The highest BCUT2D eigenvalue weighted by molar-refractivity contribution is 6.33. The summed E-state index contributed by atoms with van der Waals surface area (Å²) in [7, 11) is 0. The van der Waals surface area contributed by atoms with E-state index < -0.39 is 0 Å². The van der Waals surface area contributed by atoms with Crippen molar-refractivity contribution in [2.75, 3.05) is 0 Å². The van der Waals surface area contributed by atoms with Crippen LogP contribution in [0.25, 0.3) is 82.6 Å². The summed E-state index contributed by atoms with van der Waals surface area (Å²) in [6, 6.07) is 74.8. The maximum absolute atomic E-state index is 11.6. The summed E-state index contributed by atoms with van der Waals surface area (Å²) < 4.78 is 2.55. The van der Waals surface area contributed by atoms with Gasteiger partial charge in [-0.15, -0.1) is 0 Å². The standard InChI is InChI=1S/C68H49N3/c69-40-46-37-56-62(58-44-29-33-67(34-30-44,64(46)58)48-21-9-3-10-22-48)60-54(52-27-15-13-25-50(52)42-17-5-1-6-18-42)39-55(53-28-16-14-26-51(53)43-19-7-2-8-20-43)61-63-57(71(56)66(60)61)38-47(41-70)65-59(63)45-31-35-68(65,36-32-45)49-23-11-4-12-24-49/h1-28,37-39,44-45H,29-36H2. The number of rotatable bonds is 6. The Bertz CT molecular complexity index is 3800. The molecule has 9 aromatic carbocycles. The summed E-state index contributed by atoms with van der Waals surface area (Å²) in [5.41, 5.74) is 21.8. The third-order valence-electron chi connectivity index (χ3n) is 18.1. The lowest BCUT2D eigenvalue weighted by Crippen LogP contribution is -2.40. The summed E-state index contributed by atoms with van der Waals surface area (Å²) in [6.45, 7) is 0. The van der Waals surface area contributed by atoms with Crippen molar-refractivity contribution in [3.05, 3.63) is 233 Å². The fourth-order valence-corrected chi connectivity index (χ4v) is 15.3. The Morgan fingerprint density at radius 1 is 0.380 bits per heavy atom. The van der Waals surface area contributed by atoms with E-state index in [1.807, 2.05) is 0 Å². The van der Waals surface area contributed by atoms with E-state index in [2.05, 4.69) is 205 Å². The molecule has 4 bridgehead atoms. The van der Waals surface area contributed by atoms with Gasteiger partial charge in [0.25, 0.3) is 0 Å². The fourth-order valence-electron chi connectivity index (χ4n) is 15.3. The second kappa shape index (κ2) is 15.1. The number of hydrogen-bond donors (Lipinski definition) is 0. The lowest BCUT2D eigenvalue weighted by molar-refractivity contribution is 0.281. The van der Waals surface area contributed by atoms with E-state index in [9.17, 15) is 10.5 Å². The molecule has 2 aromatic heterocycles. The molecule has 0 radical (unpaired) electrons. The van der Waals surface area contributed by atoms with Crippen molar-refractivity contribution in [1.82, 2.24) is 4.40 Å². The third kappa shape index (κ3) is 5.42. The molecule has 6 aliphatic carbocycles. The minimum absolute atomic E-state index is 0.251. The molecule has 11 aromatic rings. The zero-order valence-corrected chi connectivity index (χ0v) is 39.6. The Morgan fingerprint density at radius 3 is 1.11 bits per heavy atom. The number of nitriles is 2. The maximum atomic E-state index is 11.6. The molecule has 71 heavy (non-hydrogen) atoms. The second-order valence-corrected chi connectivity index (χ2v) is 21.1. The van der Waals surface area contributed by atoms with Gasteiger partial charge in [0, 0.05) is 32.4 Å². The molecule has 2 saturated carbocycles. The van der Waals surface area contributed by atoms with Crippen LogP contribution in [0.5, 0.6) is 0 Å². The molecule has 6 aliphatic rings. The van der Waals surface area contributed by atoms with Crippen LogP contribution in [0.15, 0.2) is 188 Å². The Morgan fingerprint density at radius 2 is 0.732 bits per heavy atom. The largest absolute Gasteiger partial charge is 0.308 e. The predicted molar refractivity (Wildman–Crippen MR) is 289 cm³/mol. The van der Waals surface area contributed by atoms with Crippen LogP contribution in [-0.4, -0.2) is 4.40 Å². The first kappa shape index (κ1) is 40.6. The van der Waals surface area contributed by atoms with E-state index in [0.29, 0.717) is 11.8 Å². The monoisotopic (exact) mass is 907 g/mol. The highest BCUT2D eigenvalue weighted by Gasteiger charge is 2.51. The lowest BCUT2D eigenvalue weighted by Gasteiger charge is -2.49. The number of benzene rings is 9. The first-order chi connectivity index (χ1) is 35.1. The lowest BCUT2D eigenvalue weighted by atomic mass is 9.53. The van der Waals surface area contributed by atoms with Crippen molar-refractivity contribution < 1.29 is 0 Å². The molecular formula is C68H49N3. The molecule has 0 atom stereocenters. The summed E-state index contributed by atoms with van der Waals surface area (Å²) in [6.07, 6.45) is 8.46. The number of aromatic nitrogens is 1. The molecule has 0 spiro atoms. The van der Waals surface area contributed by atoms with Crippen LogP contribution in [0.3, 0.4) is 0 Å². The van der Waals surface area contributed by atoms with Crippen LogP contribution in [0.2, 0.25) is 0 Å². The normalized spacial score (nSPS) is 20.9. The van der Waals surface area contributed by atoms with Crippen LogP contribution in [-0.2, 0) is 10.8 Å². The summed E-state index contributed by atoms with van der Waals surface area (Å²) in [5.74, 6) is 0.645. The van der Waals surface area contributed by atoms with E-state index in [4.69, 9.17) is 0 Å². The van der Waals surface area contributed by atoms with Gasteiger partial charge in [-0.25, -0.2) is 0 Å². The second-order valence-electron chi connectivity index (χ2n) is 21.1. The molecule has 0 N–H and O–H groups in total. The Kier molecular flexibility index (Phi) is 8.66. The van der Waals surface area contributed by atoms with Crippen molar-refractivity contribution in [3.63, 3.8) is 0 Å². The first-order valence-electron chi connectivity index (χ1n) is 25.8. The molecule has 2 heterocycles. The summed E-state index contributed by atoms with van der Waals surface area (Å²) in [4.78, 5) is 0. The number of fused-ring (bicyclic) bond motifs is 10. The molecule has 0 aliphatic heterocycles. The summed E-state index contributed by atoms with van der Waals surface area (Å²) in [5, 5.41) is 28.2. The molecule has 336 valence electrons. The van der Waals surface area contributed by atoms with Gasteiger partial charge in [0.2, 0.25) is 0 Å². The van der Waals surface area contributed by atoms with Gasteiger partial charge in [0.15, 0.2) is 0 Å². The minimum Gasteiger partial charge on any atom is -0.308 e. The van der Waals surface area contributed by atoms with Crippen molar-refractivity contribution in [1.29, 1.82) is 10.5 Å². The van der Waals surface area contributed by atoms with Gasteiger partial charge in [0.05, 0.1) is 39.8 Å². The van der Waals surface area contributed by atoms with E-state index in [0.717, 1.165) is 73.5 Å². The Hall–Kier alpha value is -8.24. The molecule has 3 nitrogen and oxygen atoms in total. The smallest absolute Gasteiger partial charge is 0.0995 e.